The van der Waals surface area contributed by atoms with Crippen LogP contribution in [0.2, 0.25) is 0 Å². The minimum Gasteiger partial charge on any atom is -0.184 e. The molecule has 0 N–H and O–H groups in total. The molecule has 0 spiro atoms. The number of rotatable bonds is 1. The van der Waals surface area contributed by atoms with Crippen LogP contribution in [0.15, 0.2) is 28.7 Å². The summed E-state index contributed by atoms with van der Waals surface area (Å²) in [5.74, 6) is 0. The van der Waals surface area contributed by atoms with E-state index >= 15 is 0 Å². The van der Waals surface area contributed by atoms with Crippen LogP contribution in [-0.2, 0) is 20.8 Å². The fourth-order valence-corrected chi connectivity index (χ4v) is 1.80. The molecule has 7 heteroatoms. The monoisotopic (exact) mass is 219 g/mol. The Bertz CT molecular complexity index is 505. The second-order valence-corrected chi connectivity index (χ2v) is 3.73. The molecule has 1 aliphatic carbocycles. The maximum absolute atomic E-state index is 10.6. The zero-order valence-electron chi connectivity index (χ0n) is 6.28. The Morgan fingerprint density at radius 1 is 1.15 bits per heavy atom. The molecule has 70 valence electrons. The molecule has 1 aliphatic rings. The van der Waals surface area contributed by atoms with Crippen LogP contribution >= 0.6 is 0 Å². The molecule has 0 heterocycles. The van der Waals surface area contributed by atoms with Crippen LogP contribution < -0.4 is 0 Å². The highest BCUT2D eigenvalue weighted by molar-refractivity contribution is 7.73. The van der Waals surface area contributed by atoms with E-state index in [1.165, 1.54) is 24.3 Å². The lowest BCUT2D eigenvalue weighted by atomic mass is 10.1. The van der Waals surface area contributed by atoms with E-state index in [2.05, 4.69) is 4.36 Å². The van der Waals surface area contributed by atoms with Gasteiger partial charge in [0.15, 0.2) is 0 Å². The topological polar surface area (TPSA) is 80.6 Å². The van der Waals surface area contributed by atoms with E-state index in [1.807, 2.05) is 0 Å². The lowest BCUT2D eigenvalue weighted by Gasteiger charge is -2.03. The van der Waals surface area contributed by atoms with Crippen molar-refractivity contribution in [2.24, 2.45) is 4.36 Å². The summed E-state index contributed by atoms with van der Waals surface area (Å²) in [5.41, 5.74) is 0. The molecule has 0 aliphatic heterocycles. The first-order chi connectivity index (χ1) is 6.11. The normalized spacial score (nSPS) is 20.0. The Morgan fingerprint density at radius 2 is 1.85 bits per heavy atom. The fourth-order valence-electron chi connectivity index (χ4n) is 0.847. The molecule has 0 saturated carbocycles. The average molecular weight is 219 g/mol. The van der Waals surface area contributed by atoms with Gasteiger partial charge in [-0.25, -0.2) is 0 Å². The van der Waals surface area contributed by atoms with Gasteiger partial charge in [-0.1, -0.05) is 18.2 Å². The molecular formula is C6H5NO4S2. The van der Waals surface area contributed by atoms with Crippen LogP contribution in [0.1, 0.15) is 0 Å². The molecule has 0 bridgehead atoms. The Morgan fingerprint density at radius 3 is 2.38 bits per heavy atom. The standard InChI is InChI=1S/C6H5NO4S2/c8-12(9)6-4-2-1-3-5(6)7-13(10)11/h1-5H. The molecule has 5 nitrogen and oxygen atoms in total. The lowest BCUT2D eigenvalue weighted by Crippen LogP contribution is -2.16. The third-order valence-electron chi connectivity index (χ3n) is 1.35. The number of nitrogens with zero attached hydrogens (tertiary/aromatic N) is 1. The van der Waals surface area contributed by atoms with Gasteiger partial charge in [0, 0.05) is 0 Å². The van der Waals surface area contributed by atoms with Crippen molar-refractivity contribution in [1.82, 2.24) is 0 Å². The van der Waals surface area contributed by atoms with E-state index < -0.39 is 26.8 Å². The molecule has 0 saturated heterocycles. The molecule has 1 atom stereocenters. The molecule has 0 amide bonds. The number of allylic oxidation sites excluding steroid dienone is 2. The van der Waals surface area contributed by atoms with Crippen molar-refractivity contribution in [2.75, 3.05) is 0 Å². The predicted molar refractivity (Wildman–Crippen MR) is 47.3 cm³/mol. The number of hydrogen-bond donors (Lipinski definition) is 0. The van der Waals surface area contributed by atoms with Gasteiger partial charge in [-0.15, -0.1) is 0 Å². The minimum atomic E-state index is -2.60. The first kappa shape index (κ1) is 9.87. The molecule has 1 rings (SSSR count). The summed E-state index contributed by atoms with van der Waals surface area (Å²) in [6.07, 6.45) is 5.74. The van der Waals surface area contributed by atoms with Gasteiger partial charge in [-0.2, -0.15) is 21.2 Å². The molecular weight excluding hydrogens is 214 g/mol. The van der Waals surface area contributed by atoms with Crippen LogP contribution in [0, 0.1) is 0 Å². The number of hydrogen-bond acceptors (Lipinski definition) is 5. The summed E-state index contributed by atoms with van der Waals surface area (Å²) >= 11 is 0. The van der Waals surface area contributed by atoms with E-state index in [9.17, 15) is 16.8 Å². The molecule has 0 fully saturated rings. The largest absolute Gasteiger partial charge is 0.312 e. The van der Waals surface area contributed by atoms with Crippen LogP contribution in [0.3, 0.4) is 0 Å². The molecule has 0 radical (unpaired) electrons. The van der Waals surface area contributed by atoms with Gasteiger partial charge < -0.3 is 0 Å². The smallest absolute Gasteiger partial charge is 0.184 e. The predicted octanol–water partition coefficient (Wildman–Crippen LogP) is -0.405. The summed E-state index contributed by atoms with van der Waals surface area (Å²) in [6, 6.07) is -0.915. The maximum atomic E-state index is 10.6. The van der Waals surface area contributed by atoms with Gasteiger partial charge in [0.25, 0.3) is 0 Å². The summed E-state index contributed by atoms with van der Waals surface area (Å²) in [6.45, 7) is 0. The summed E-state index contributed by atoms with van der Waals surface area (Å²) < 4.78 is 44.7. The van der Waals surface area contributed by atoms with Crippen LogP contribution in [0.5, 0.6) is 0 Å². The highest BCUT2D eigenvalue weighted by atomic mass is 32.2. The van der Waals surface area contributed by atoms with E-state index in [0.29, 0.717) is 0 Å². The first-order valence-corrected chi connectivity index (χ1v) is 5.33. The Kier molecular flexibility index (Phi) is 3.15. The van der Waals surface area contributed by atoms with Crippen molar-refractivity contribution in [3.8, 4) is 0 Å². The summed E-state index contributed by atoms with van der Waals surface area (Å²) in [7, 11) is -5.04. The van der Waals surface area contributed by atoms with Crippen molar-refractivity contribution < 1.29 is 16.8 Å². The molecule has 0 aromatic rings. The Balaban J connectivity index is 3.27. The minimum absolute atomic E-state index is 0.0494. The zero-order chi connectivity index (χ0) is 9.84. The van der Waals surface area contributed by atoms with Gasteiger partial charge in [0.05, 0.1) is 0 Å². The van der Waals surface area contributed by atoms with Crippen LogP contribution in [0.4, 0.5) is 0 Å². The maximum Gasteiger partial charge on any atom is 0.312 e. The summed E-state index contributed by atoms with van der Waals surface area (Å²) in [5, 5.41) is 0. The van der Waals surface area contributed by atoms with Crippen LogP contribution in [-0.4, -0.2) is 27.7 Å². The van der Waals surface area contributed by atoms with Gasteiger partial charge in [0.1, 0.15) is 10.9 Å². The van der Waals surface area contributed by atoms with Gasteiger partial charge in [-0.3, -0.25) is 0 Å². The highest BCUT2D eigenvalue weighted by Crippen LogP contribution is 2.03. The van der Waals surface area contributed by atoms with Crippen molar-refractivity contribution in [1.29, 1.82) is 0 Å². The van der Waals surface area contributed by atoms with Crippen molar-refractivity contribution in [3.63, 3.8) is 0 Å². The first-order valence-electron chi connectivity index (χ1n) is 3.22. The van der Waals surface area contributed by atoms with E-state index in [1.54, 1.807) is 0 Å². The van der Waals surface area contributed by atoms with Crippen molar-refractivity contribution in [2.45, 2.75) is 6.04 Å². The van der Waals surface area contributed by atoms with E-state index in [4.69, 9.17) is 0 Å². The Hall–Kier alpha value is -1.21. The zero-order valence-corrected chi connectivity index (χ0v) is 7.92. The SMILES string of the molecule is O=S(=O)=NC1C=CC=CC1=S(=O)=O. The van der Waals surface area contributed by atoms with E-state index in [0.717, 1.165) is 0 Å². The third kappa shape index (κ3) is 2.63. The van der Waals surface area contributed by atoms with Gasteiger partial charge in [-0.05, 0) is 6.08 Å². The second kappa shape index (κ2) is 4.15. The molecule has 0 aromatic heterocycles. The highest BCUT2D eigenvalue weighted by Gasteiger charge is 2.13. The van der Waals surface area contributed by atoms with Crippen molar-refractivity contribution >= 4 is 25.7 Å². The molecule has 13 heavy (non-hydrogen) atoms. The van der Waals surface area contributed by atoms with Crippen LogP contribution in [0.25, 0.3) is 0 Å². The average Bonchev–Trinajstić information content (AvgIpc) is 2.03. The second-order valence-electron chi connectivity index (χ2n) is 2.15. The summed E-state index contributed by atoms with van der Waals surface area (Å²) in [4.78, 5) is -0.0494. The van der Waals surface area contributed by atoms with Crippen molar-refractivity contribution in [3.05, 3.63) is 24.3 Å². The third-order valence-corrected chi connectivity index (χ3v) is 2.51. The van der Waals surface area contributed by atoms with E-state index in [-0.39, 0.29) is 4.86 Å². The lowest BCUT2D eigenvalue weighted by molar-refractivity contribution is 0.620. The quantitative estimate of drug-likeness (QED) is 0.562. The Labute approximate surface area is 77.6 Å². The molecule has 1 unspecified atom stereocenters. The van der Waals surface area contributed by atoms with Gasteiger partial charge in [0.2, 0.25) is 10.3 Å². The fraction of sp³-hybridized carbons (Fsp3) is 0.167. The molecule has 0 aromatic carbocycles. The van der Waals surface area contributed by atoms with Gasteiger partial charge >= 0.3 is 10.5 Å².